The fraction of sp³-hybridized carbons (Fsp3) is 0.500. The highest BCUT2D eigenvalue weighted by atomic mass is 79.9. The van der Waals surface area contributed by atoms with Gasteiger partial charge in [-0.05, 0) is 72.5 Å². The lowest BCUT2D eigenvalue weighted by Crippen LogP contribution is -2.54. The number of carbonyl (C=O) groups excluding carboxylic acids is 1. The fourth-order valence-electron chi connectivity index (χ4n) is 5.67. The SMILES string of the molecule is Nc1ncnc2c1nc(Sc1cc3c(cc1Br)OCO3)n2CCC1CCN(C(=O)[C@@H]2CCCCN2C(=O)O)CC1. The van der Waals surface area contributed by atoms with Crippen molar-refractivity contribution < 1.29 is 24.2 Å². The van der Waals surface area contributed by atoms with E-state index in [2.05, 4.69) is 30.5 Å². The van der Waals surface area contributed by atoms with Gasteiger partial charge in [0.1, 0.15) is 12.4 Å². The monoisotopic (exact) mass is 631 g/mol. The number of aromatic nitrogens is 4. The summed E-state index contributed by atoms with van der Waals surface area (Å²) in [5.41, 5.74) is 7.40. The number of nitrogens with two attached hydrogens (primary N) is 1. The number of anilines is 1. The first-order valence-electron chi connectivity index (χ1n) is 13.4. The summed E-state index contributed by atoms with van der Waals surface area (Å²) < 4.78 is 14.0. The molecule has 2 aromatic heterocycles. The highest BCUT2D eigenvalue weighted by Crippen LogP contribution is 2.43. The molecule has 3 aliphatic rings. The Morgan fingerprint density at radius 3 is 2.65 bits per heavy atom. The second-order valence-corrected chi connectivity index (χ2v) is 12.1. The summed E-state index contributed by atoms with van der Waals surface area (Å²) in [6.07, 6.45) is 5.36. The molecule has 1 aromatic carbocycles. The number of likely N-dealkylation sites (tertiary alicyclic amines) is 2. The van der Waals surface area contributed by atoms with E-state index in [0.717, 1.165) is 46.6 Å². The maximum atomic E-state index is 13.2. The number of fused-ring (bicyclic) bond motifs is 2. The molecule has 0 aliphatic carbocycles. The molecular formula is C26H30BrN7O5S. The Morgan fingerprint density at radius 2 is 1.88 bits per heavy atom. The zero-order valence-electron chi connectivity index (χ0n) is 21.8. The molecule has 212 valence electrons. The number of hydrogen-bond acceptors (Lipinski definition) is 9. The minimum atomic E-state index is -1.01. The molecular weight excluding hydrogens is 602 g/mol. The molecule has 12 nitrogen and oxygen atoms in total. The van der Waals surface area contributed by atoms with Crippen LogP contribution >= 0.6 is 27.7 Å². The Hall–Kier alpha value is -3.26. The van der Waals surface area contributed by atoms with Crippen LogP contribution in [0.4, 0.5) is 10.6 Å². The number of piperidine rings is 2. The van der Waals surface area contributed by atoms with Crippen molar-refractivity contribution >= 4 is 56.7 Å². The molecule has 2 amide bonds. The van der Waals surface area contributed by atoms with E-state index in [4.69, 9.17) is 20.2 Å². The van der Waals surface area contributed by atoms with Crippen LogP contribution in [-0.4, -0.2) is 78.9 Å². The van der Waals surface area contributed by atoms with Crippen LogP contribution in [0, 0.1) is 5.92 Å². The van der Waals surface area contributed by atoms with E-state index >= 15 is 0 Å². The number of halogens is 1. The highest BCUT2D eigenvalue weighted by molar-refractivity contribution is 9.10. The molecule has 0 bridgehead atoms. The maximum absolute atomic E-state index is 13.2. The number of nitrogens with zero attached hydrogens (tertiary/aromatic N) is 6. The second-order valence-electron chi connectivity index (χ2n) is 10.3. The summed E-state index contributed by atoms with van der Waals surface area (Å²) in [6, 6.07) is 3.27. The lowest BCUT2D eigenvalue weighted by molar-refractivity contribution is -0.139. The Morgan fingerprint density at radius 1 is 1.10 bits per heavy atom. The van der Waals surface area contributed by atoms with Crippen LogP contribution in [0.25, 0.3) is 11.2 Å². The number of hydrogen-bond donors (Lipinski definition) is 2. The van der Waals surface area contributed by atoms with E-state index in [0.29, 0.717) is 67.0 Å². The summed E-state index contributed by atoms with van der Waals surface area (Å²) in [4.78, 5) is 42.3. The van der Waals surface area contributed by atoms with E-state index in [1.165, 1.54) is 23.0 Å². The molecule has 0 unspecified atom stereocenters. The number of carboxylic acid groups (broad SMARTS) is 1. The molecule has 2 saturated heterocycles. The van der Waals surface area contributed by atoms with Crippen molar-refractivity contribution in [2.75, 3.05) is 32.2 Å². The summed E-state index contributed by atoms with van der Waals surface area (Å²) in [5, 5.41) is 10.3. The lowest BCUT2D eigenvalue weighted by atomic mass is 9.92. The minimum Gasteiger partial charge on any atom is -0.465 e. The molecule has 2 fully saturated rings. The smallest absolute Gasteiger partial charge is 0.407 e. The molecule has 3 aromatic rings. The first-order valence-corrected chi connectivity index (χ1v) is 15.0. The van der Waals surface area contributed by atoms with Gasteiger partial charge in [-0.3, -0.25) is 9.69 Å². The van der Waals surface area contributed by atoms with Crippen molar-refractivity contribution in [3.05, 3.63) is 22.9 Å². The molecule has 3 aliphatic heterocycles. The van der Waals surface area contributed by atoms with Crippen LogP contribution in [0.1, 0.15) is 38.5 Å². The van der Waals surface area contributed by atoms with Crippen molar-refractivity contribution in [2.45, 2.75) is 61.2 Å². The van der Waals surface area contributed by atoms with Crippen molar-refractivity contribution in [3.63, 3.8) is 0 Å². The Labute approximate surface area is 243 Å². The number of imidazole rings is 1. The predicted octanol–water partition coefficient (Wildman–Crippen LogP) is 4.21. The van der Waals surface area contributed by atoms with E-state index in [-0.39, 0.29) is 12.7 Å². The molecule has 5 heterocycles. The summed E-state index contributed by atoms with van der Waals surface area (Å²) in [5.74, 6) is 2.08. The molecule has 1 atom stereocenters. The molecule has 0 radical (unpaired) electrons. The fourth-order valence-corrected chi connectivity index (χ4v) is 7.18. The van der Waals surface area contributed by atoms with Crippen LogP contribution in [0.15, 0.2) is 33.0 Å². The van der Waals surface area contributed by atoms with Crippen molar-refractivity contribution in [1.29, 1.82) is 0 Å². The Kier molecular flexibility index (Phi) is 7.62. The minimum absolute atomic E-state index is 0.0543. The van der Waals surface area contributed by atoms with Gasteiger partial charge in [0, 0.05) is 35.5 Å². The molecule has 0 saturated carbocycles. The summed E-state index contributed by atoms with van der Waals surface area (Å²) >= 11 is 5.13. The number of aryl methyl sites for hydroxylation is 1. The quantitative estimate of drug-likeness (QED) is 0.405. The number of amides is 2. The Bertz CT molecular complexity index is 1440. The number of carbonyl (C=O) groups is 2. The van der Waals surface area contributed by atoms with E-state index in [9.17, 15) is 14.7 Å². The van der Waals surface area contributed by atoms with Gasteiger partial charge in [0.2, 0.25) is 12.7 Å². The zero-order valence-corrected chi connectivity index (χ0v) is 24.2. The number of ether oxygens (including phenoxy) is 2. The number of benzene rings is 1. The molecule has 40 heavy (non-hydrogen) atoms. The zero-order chi connectivity index (χ0) is 27.8. The molecule has 6 rings (SSSR count). The van der Waals surface area contributed by atoms with Gasteiger partial charge in [-0.25, -0.2) is 19.7 Å². The lowest BCUT2D eigenvalue weighted by Gasteiger charge is -2.39. The van der Waals surface area contributed by atoms with Gasteiger partial charge in [0.15, 0.2) is 33.6 Å². The van der Waals surface area contributed by atoms with Crippen LogP contribution in [-0.2, 0) is 11.3 Å². The molecule has 0 spiro atoms. The average molecular weight is 633 g/mol. The summed E-state index contributed by atoms with van der Waals surface area (Å²) in [6.45, 7) is 2.59. The van der Waals surface area contributed by atoms with Gasteiger partial charge in [-0.2, -0.15) is 0 Å². The first-order chi connectivity index (χ1) is 19.4. The van der Waals surface area contributed by atoms with Gasteiger partial charge >= 0.3 is 6.09 Å². The molecule has 3 N–H and O–H groups in total. The average Bonchev–Trinajstić information content (AvgIpc) is 3.56. The van der Waals surface area contributed by atoms with E-state index in [1.807, 2.05) is 17.0 Å². The second kappa shape index (κ2) is 11.3. The van der Waals surface area contributed by atoms with Gasteiger partial charge in [-0.15, -0.1) is 0 Å². The third kappa shape index (κ3) is 5.26. The van der Waals surface area contributed by atoms with Crippen molar-refractivity contribution in [2.24, 2.45) is 5.92 Å². The highest BCUT2D eigenvalue weighted by Gasteiger charge is 2.36. The predicted molar refractivity (Wildman–Crippen MR) is 150 cm³/mol. The first kappa shape index (κ1) is 26.9. The normalized spacial score (nSPS) is 19.4. The Balaban J connectivity index is 1.14. The van der Waals surface area contributed by atoms with Gasteiger partial charge in [-0.1, -0.05) is 11.8 Å². The third-order valence-electron chi connectivity index (χ3n) is 7.87. The van der Waals surface area contributed by atoms with Crippen molar-refractivity contribution in [1.82, 2.24) is 29.3 Å². The number of nitrogen functional groups attached to an aromatic ring is 1. The maximum Gasteiger partial charge on any atom is 0.407 e. The summed E-state index contributed by atoms with van der Waals surface area (Å²) in [7, 11) is 0. The number of rotatable bonds is 6. The van der Waals surface area contributed by atoms with Gasteiger partial charge in [0.05, 0.1) is 0 Å². The van der Waals surface area contributed by atoms with Crippen LogP contribution in [0.2, 0.25) is 0 Å². The van der Waals surface area contributed by atoms with Crippen LogP contribution in [0.5, 0.6) is 11.5 Å². The van der Waals surface area contributed by atoms with E-state index < -0.39 is 12.1 Å². The standard InChI is InChI=1S/C26H30BrN7O5S/c27-16-11-18-19(39-14-38-18)12-20(16)40-25-31-21-22(28)29-13-30-23(21)34(25)10-6-15-4-8-32(9-5-15)24(35)17-3-1-2-7-33(17)26(36)37/h11-13,15,17H,1-10,14H2,(H,36,37)(H2,28,29,30)/t17-/m0/s1. The van der Waals surface area contributed by atoms with Gasteiger partial charge < -0.3 is 29.8 Å². The van der Waals surface area contributed by atoms with Crippen molar-refractivity contribution in [3.8, 4) is 11.5 Å². The topological polar surface area (TPSA) is 149 Å². The largest absolute Gasteiger partial charge is 0.465 e. The van der Waals surface area contributed by atoms with Crippen LogP contribution < -0.4 is 15.2 Å². The third-order valence-corrected chi connectivity index (χ3v) is 9.84. The van der Waals surface area contributed by atoms with E-state index in [1.54, 1.807) is 0 Å². The van der Waals surface area contributed by atoms with Crippen LogP contribution in [0.3, 0.4) is 0 Å². The molecule has 14 heteroatoms. The van der Waals surface area contributed by atoms with Gasteiger partial charge in [0.25, 0.3) is 0 Å².